The van der Waals surface area contributed by atoms with Gasteiger partial charge in [-0.15, -0.1) is 0 Å². The highest BCUT2D eigenvalue weighted by Gasteiger charge is 2.19. The molecule has 3 nitrogen and oxygen atoms in total. The van der Waals surface area contributed by atoms with Crippen molar-refractivity contribution in [1.29, 1.82) is 0 Å². The maximum atomic E-state index is 6.34. The molecule has 0 saturated carbocycles. The average Bonchev–Trinajstić information content (AvgIpc) is 2.55. The molecule has 0 unspecified atom stereocenters. The maximum Gasteiger partial charge on any atom is 0.107 e. The standard InChI is InChI=1S/C18H16ClN3/c19-15-10-13(11-17-18(15)21-9-8-20-17)22-16-7-3-5-12-4-1-2-6-14(12)16/h1-2,4,6,8-11,16,22H,3,5,7H2/t16-/m1/s1. The lowest BCUT2D eigenvalue weighted by molar-refractivity contribution is 0.600. The van der Waals surface area contributed by atoms with Crippen LogP contribution in [0.25, 0.3) is 11.0 Å². The van der Waals surface area contributed by atoms with Crippen molar-refractivity contribution in [2.75, 3.05) is 5.32 Å². The van der Waals surface area contributed by atoms with Gasteiger partial charge in [0.25, 0.3) is 0 Å². The van der Waals surface area contributed by atoms with Crippen molar-refractivity contribution in [3.05, 3.63) is 64.9 Å². The molecule has 1 atom stereocenters. The lowest BCUT2D eigenvalue weighted by Gasteiger charge is -2.27. The van der Waals surface area contributed by atoms with Gasteiger partial charge in [-0.2, -0.15) is 0 Å². The number of rotatable bonds is 2. The van der Waals surface area contributed by atoms with Crippen molar-refractivity contribution in [2.24, 2.45) is 0 Å². The molecule has 4 heteroatoms. The third-order valence-electron chi connectivity index (χ3n) is 4.24. The van der Waals surface area contributed by atoms with Crippen LogP contribution in [0.1, 0.15) is 30.0 Å². The van der Waals surface area contributed by atoms with Gasteiger partial charge in [0.1, 0.15) is 5.52 Å². The first-order chi connectivity index (χ1) is 10.8. The maximum absolute atomic E-state index is 6.34. The van der Waals surface area contributed by atoms with Gasteiger partial charge < -0.3 is 5.32 Å². The number of nitrogens with zero attached hydrogens (tertiary/aromatic N) is 2. The number of hydrogen-bond donors (Lipinski definition) is 1. The lowest BCUT2D eigenvalue weighted by atomic mass is 9.87. The molecule has 0 spiro atoms. The van der Waals surface area contributed by atoms with Crippen molar-refractivity contribution in [3.8, 4) is 0 Å². The van der Waals surface area contributed by atoms with E-state index in [1.807, 2.05) is 12.1 Å². The first kappa shape index (κ1) is 13.5. The van der Waals surface area contributed by atoms with Gasteiger partial charge in [0.15, 0.2) is 0 Å². The number of aromatic nitrogens is 2. The van der Waals surface area contributed by atoms with E-state index in [2.05, 4.69) is 39.6 Å². The van der Waals surface area contributed by atoms with Crippen LogP contribution in [-0.2, 0) is 6.42 Å². The smallest absolute Gasteiger partial charge is 0.107 e. The molecule has 0 bridgehead atoms. The van der Waals surface area contributed by atoms with Gasteiger partial charge in [0.05, 0.1) is 16.6 Å². The number of fused-ring (bicyclic) bond motifs is 2. The summed E-state index contributed by atoms with van der Waals surface area (Å²) in [7, 11) is 0. The van der Waals surface area contributed by atoms with Gasteiger partial charge in [-0.05, 0) is 42.5 Å². The first-order valence-corrected chi connectivity index (χ1v) is 7.94. The highest BCUT2D eigenvalue weighted by molar-refractivity contribution is 6.35. The Labute approximate surface area is 134 Å². The number of benzene rings is 2. The van der Waals surface area contributed by atoms with Crippen LogP contribution in [0.2, 0.25) is 5.02 Å². The monoisotopic (exact) mass is 309 g/mol. The minimum Gasteiger partial charge on any atom is -0.378 e. The van der Waals surface area contributed by atoms with Gasteiger partial charge in [0, 0.05) is 18.1 Å². The van der Waals surface area contributed by atoms with E-state index < -0.39 is 0 Å². The molecule has 3 aromatic rings. The quantitative estimate of drug-likeness (QED) is 0.740. The Balaban J connectivity index is 1.70. The Kier molecular flexibility index (Phi) is 3.43. The van der Waals surface area contributed by atoms with E-state index in [1.54, 1.807) is 12.4 Å². The molecule has 2 aromatic carbocycles. The minimum atomic E-state index is 0.329. The summed E-state index contributed by atoms with van der Waals surface area (Å²) in [5, 5.41) is 4.25. The van der Waals surface area contributed by atoms with E-state index in [-0.39, 0.29) is 0 Å². The molecule has 1 N–H and O–H groups in total. The molecule has 1 aliphatic rings. The third-order valence-corrected chi connectivity index (χ3v) is 4.53. The average molecular weight is 310 g/mol. The Morgan fingerprint density at radius 2 is 1.95 bits per heavy atom. The van der Waals surface area contributed by atoms with Gasteiger partial charge >= 0.3 is 0 Å². The molecular formula is C18H16ClN3. The van der Waals surface area contributed by atoms with Crippen LogP contribution < -0.4 is 5.32 Å². The van der Waals surface area contributed by atoms with Crippen LogP contribution in [0.15, 0.2) is 48.8 Å². The van der Waals surface area contributed by atoms with Crippen LogP contribution in [0, 0.1) is 0 Å². The van der Waals surface area contributed by atoms with Crippen molar-refractivity contribution >= 4 is 28.3 Å². The zero-order chi connectivity index (χ0) is 14.9. The summed E-state index contributed by atoms with van der Waals surface area (Å²) in [5.41, 5.74) is 5.40. The topological polar surface area (TPSA) is 37.8 Å². The summed E-state index contributed by atoms with van der Waals surface area (Å²) in [6.45, 7) is 0. The van der Waals surface area contributed by atoms with E-state index in [0.29, 0.717) is 11.1 Å². The number of halogens is 1. The minimum absolute atomic E-state index is 0.329. The van der Waals surface area contributed by atoms with Crippen LogP contribution in [0.3, 0.4) is 0 Å². The first-order valence-electron chi connectivity index (χ1n) is 7.56. The van der Waals surface area contributed by atoms with Crippen molar-refractivity contribution in [2.45, 2.75) is 25.3 Å². The Bertz CT molecular complexity index is 831. The second-order valence-corrected chi connectivity index (χ2v) is 6.08. The lowest BCUT2D eigenvalue weighted by Crippen LogP contribution is -2.17. The number of anilines is 1. The van der Waals surface area contributed by atoms with Gasteiger partial charge in [-0.1, -0.05) is 35.9 Å². The van der Waals surface area contributed by atoms with E-state index in [1.165, 1.54) is 17.5 Å². The molecule has 0 radical (unpaired) electrons. The zero-order valence-corrected chi connectivity index (χ0v) is 12.8. The van der Waals surface area contributed by atoms with Gasteiger partial charge in [0.2, 0.25) is 0 Å². The summed E-state index contributed by atoms with van der Waals surface area (Å²) in [6, 6.07) is 13.0. The fourth-order valence-electron chi connectivity index (χ4n) is 3.22. The third kappa shape index (κ3) is 2.42. The summed E-state index contributed by atoms with van der Waals surface area (Å²) in [4.78, 5) is 8.64. The number of aryl methyl sites for hydroxylation is 1. The Morgan fingerprint density at radius 3 is 2.91 bits per heavy atom. The molecule has 0 fully saturated rings. The molecule has 1 aliphatic carbocycles. The summed E-state index contributed by atoms with van der Waals surface area (Å²) in [5.74, 6) is 0. The normalized spacial score (nSPS) is 17.2. The molecule has 0 saturated heterocycles. The van der Waals surface area contributed by atoms with E-state index >= 15 is 0 Å². The summed E-state index contributed by atoms with van der Waals surface area (Å²) < 4.78 is 0. The predicted molar refractivity (Wildman–Crippen MR) is 90.3 cm³/mol. The van der Waals surface area contributed by atoms with Crippen molar-refractivity contribution in [3.63, 3.8) is 0 Å². The number of nitrogens with one attached hydrogen (secondary N) is 1. The molecule has 1 aromatic heterocycles. The Morgan fingerprint density at radius 1 is 1.09 bits per heavy atom. The summed E-state index contributed by atoms with van der Waals surface area (Å²) >= 11 is 6.34. The van der Waals surface area contributed by atoms with Crippen LogP contribution in [-0.4, -0.2) is 9.97 Å². The van der Waals surface area contributed by atoms with Crippen LogP contribution in [0.4, 0.5) is 5.69 Å². The van der Waals surface area contributed by atoms with Crippen LogP contribution >= 0.6 is 11.6 Å². The summed E-state index contributed by atoms with van der Waals surface area (Å²) in [6.07, 6.45) is 6.86. The molecular weight excluding hydrogens is 294 g/mol. The largest absolute Gasteiger partial charge is 0.378 e. The second-order valence-electron chi connectivity index (χ2n) is 5.67. The molecule has 0 amide bonds. The molecule has 0 aliphatic heterocycles. The zero-order valence-electron chi connectivity index (χ0n) is 12.1. The Hall–Kier alpha value is -2.13. The highest BCUT2D eigenvalue weighted by Crippen LogP contribution is 2.34. The van der Waals surface area contributed by atoms with E-state index in [4.69, 9.17) is 11.6 Å². The van der Waals surface area contributed by atoms with Gasteiger partial charge in [-0.3, -0.25) is 9.97 Å². The van der Waals surface area contributed by atoms with Crippen molar-refractivity contribution < 1.29 is 0 Å². The molecule has 22 heavy (non-hydrogen) atoms. The number of hydrogen-bond acceptors (Lipinski definition) is 3. The fraction of sp³-hybridized carbons (Fsp3) is 0.222. The molecule has 4 rings (SSSR count). The van der Waals surface area contributed by atoms with E-state index in [9.17, 15) is 0 Å². The molecule has 110 valence electrons. The molecule has 1 heterocycles. The second kappa shape index (κ2) is 5.58. The van der Waals surface area contributed by atoms with Crippen molar-refractivity contribution in [1.82, 2.24) is 9.97 Å². The highest BCUT2D eigenvalue weighted by atomic mass is 35.5. The predicted octanol–water partition coefficient (Wildman–Crippen LogP) is 4.77. The fourth-order valence-corrected chi connectivity index (χ4v) is 3.48. The SMILES string of the molecule is Clc1cc(N[C@@H]2CCCc3ccccc32)cc2nccnc12. The van der Waals surface area contributed by atoms with Gasteiger partial charge in [-0.25, -0.2) is 0 Å². The van der Waals surface area contributed by atoms with Crippen LogP contribution in [0.5, 0.6) is 0 Å². The van der Waals surface area contributed by atoms with E-state index in [0.717, 1.165) is 29.6 Å².